The minimum atomic E-state index is -0.422. The number of rotatable bonds is 3. The summed E-state index contributed by atoms with van der Waals surface area (Å²) in [6, 6.07) is 24.3. The molecule has 4 aromatic rings. The Morgan fingerprint density at radius 3 is 2.28 bits per heavy atom. The number of hydrogen-bond acceptors (Lipinski definition) is 2. The van der Waals surface area contributed by atoms with Gasteiger partial charge in [0.25, 0.3) is 0 Å². The number of fused-ring (bicyclic) bond motifs is 3. The van der Waals surface area contributed by atoms with E-state index in [1.165, 1.54) is 18.0 Å². The summed E-state index contributed by atoms with van der Waals surface area (Å²) in [4.78, 5) is 12.5. The zero-order valence-corrected chi connectivity index (χ0v) is 14.3. The van der Waals surface area contributed by atoms with E-state index in [0.717, 1.165) is 22.0 Å². The van der Waals surface area contributed by atoms with Crippen molar-refractivity contribution in [3.8, 4) is 0 Å². The number of para-hydroxylation sites is 1. The number of hydrogen-bond donors (Lipinski definition) is 0. The largest absolute Gasteiger partial charge is 0.468 e. The van der Waals surface area contributed by atoms with Crippen molar-refractivity contribution in [2.75, 3.05) is 7.11 Å². The van der Waals surface area contributed by atoms with E-state index in [9.17, 15) is 4.79 Å². The van der Waals surface area contributed by atoms with E-state index in [4.69, 9.17) is 4.74 Å². The molecular weight excluding hydrogens is 310 g/mol. The zero-order valence-electron chi connectivity index (χ0n) is 14.3. The van der Waals surface area contributed by atoms with Crippen LogP contribution in [0.15, 0.2) is 72.8 Å². The van der Waals surface area contributed by atoms with Gasteiger partial charge in [-0.25, -0.2) is 0 Å². The van der Waals surface area contributed by atoms with Gasteiger partial charge < -0.3 is 9.30 Å². The van der Waals surface area contributed by atoms with Crippen molar-refractivity contribution in [3.05, 3.63) is 83.9 Å². The van der Waals surface area contributed by atoms with Gasteiger partial charge in [-0.05, 0) is 29.3 Å². The molecule has 0 N–H and O–H groups in total. The summed E-state index contributed by atoms with van der Waals surface area (Å²) in [7, 11) is 3.51. The van der Waals surface area contributed by atoms with Crippen LogP contribution in [0.25, 0.3) is 21.8 Å². The number of carbonyl (C=O) groups excluding carboxylic acids is 1. The Morgan fingerprint density at radius 2 is 1.52 bits per heavy atom. The number of ether oxygens (including phenoxy) is 1. The lowest BCUT2D eigenvalue weighted by Gasteiger charge is -2.16. The molecule has 3 heteroatoms. The van der Waals surface area contributed by atoms with Crippen LogP contribution in [0.5, 0.6) is 0 Å². The first-order chi connectivity index (χ1) is 12.2. The zero-order chi connectivity index (χ0) is 17.4. The van der Waals surface area contributed by atoms with Gasteiger partial charge >= 0.3 is 5.97 Å². The van der Waals surface area contributed by atoms with Crippen molar-refractivity contribution >= 4 is 27.8 Å². The maximum absolute atomic E-state index is 12.5. The van der Waals surface area contributed by atoms with Crippen LogP contribution >= 0.6 is 0 Å². The van der Waals surface area contributed by atoms with Gasteiger partial charge in [0.2, 0.25) is 0 Å². The lowest BCUT2D eigenvalue weighted by atomic mass is 9.90. The molecule has 0 saturated carbocycles. The van der Waals surface area contributed by atoms with Crippen molar-refractivity contribution in [3.63, 3.8) is 0 Å². The fraction of sp³-hybridized carbons (Fsp3) is 0.136. The molecule has 25 heavy (non-hydrogen) atoms. The Balaban J connectivity index is 1.95. The molecular formula is C22H19NO2. The second-order valence-electron chi connectivity index (χ2n) is 6.22. The molecule has 4 rings (SSSR count). The van der Waals surface area contributed by atoms with E-state index in [-0.39, 0.29) is 5.97 Å². The Morgan fingerprint density at radius 1 is 0.840 bits per heavy atom. The predicted molar refractivity (Wildman–Crippen MR) is 101 cm³/mol. The van der Waals surface area contributed by atoms with E-state index in [0.29, 0.717) is 0 Å². The highest BCUT2D eigenvalue weighted by Gasteiger charge is 2.24. The fourth-order valence-electron chi connectivity index (χ4n) is 3.59. The average Bonchev–Trinajstić information content (AvgIpc) is 2.95. The molecule has 0 aliphatic carbocycles. The van der Waals surface area contributed by atoms with Gasteiger partial charge in [0.1, 0.15) is 5.92 Å². The molecule has 3 nitrogen and oxygen atoms in total. The normalized spacial score (nSPS) is 12.4. The quantitative estimate of drug-likeness (QED) is 0.513. The van der Waals surface area contributed by atoms with Crippen molar-refractivity contribution in [1.29, 1.82) is 0 Å². The molecule has 0 saturated heterocycles. The van der Waals surface area contributed by atoms with E-state index in [1.807, 2.05) is 48.5 Å². The van der Waals surface area contributed by atoms with Gasteiger partial charge in [-0.15, -0.1) is 0 Å². The Kier molecular flexibility index (Phi) is 3.77. The summed E-state index contributed by atoms with van der Waals surface area (Å²) < 4.78 is 7.27. The van der Waals surface area contributed by atoms with E-state index >= 15 is 0 Å². The number of aromatic nitrogens is 1. The number of aryl methyl sites for hydroxylation is 1. The molecule has 124 valence electrons. The Bertz CT molecular complexity index is 1060. The minimum Gasteiger partial charge on any atom is -0.468 e. The average molecular weight is 329 g/mol. The number of esters is 1. The first kappa shape index (κ1) is 15.5. The van der Waals surface area contributed by atoms with Crippen LogP contribution in [-0.2, 0) is 16.6 Å². The third-order valence-electron chi connectivity index (χ3n) is 4.84. The van der Waals surface area contributed by atoms with Gasteiger partial charge in [0.15, 0.2) is 0 Å². The molecule has 1 heterocycles. The smallest absolute Gasteiger partial charge is 0.317 e. The van der Waals surface area contributed by atoms with Crippen molar-refractivity contribution in [1.82, 2.24) is 4.57 Å². The van der Waals surface area contributed by atoms with Crippen LogP contribution in [0.1, 0.15) is 17.0 Å². The highest BCUT2D eigenvalue weighted by Crippen LogP contribution is 2.33. The first-order valence-electron chi connectivity index (χ1n) is 8.30. The second kappa shape index (κ2) is 6.10. The highest BCUT2D eigenvalue weighted by molar-refractivity contribution is 6.08. The molecule has 0 fully saturated rings. The molecule has 0 radical (unpaired) electrons. The van der Waals surface area contributed by atoms with Crippen LogP contribution in [-0.4, -0.2) is 17.6 Å². The summed E-state index contributed by atoms with van der Waals surface area (Å²) in [5.41, 5.74) is 4.22. The number of methoxy groups -OCH3 is 1. The van der Waals surface area contributed by atoms with Gasteiger partial charge in [0, 0.05) is 28.9 Å². The van der Waals surface area contributed by atoms with Crippen LogP contribution < -0.4 is 0 Å². The molecule has 1 aromatic heterocycles. The second-order valence-corrected chi connectivity index (χ2v) is 6.22. The first-order valence-corrected chi connectivity index (χ1v) is 8.30. The standard InChI is InChI=1S/C22H19NO2/c1-23-19-11-7-6-10-17(19)18-14-16(12-13-20(18)23)21(22(24)25-2)15-8-4-3-5-9-15/h3-14,21H,1-2H3. The van der Waals surface area contributed by atoms with Crippen molar-refractivity contribution in [2.45, 2.75) is 5.92 Å². The summed E-state index contributed by atoms with van der Waals surface area (Å²) >= 11 is 0. The van der Waals surface area contributed by atoms with Crippen LogP contribution in [0.4, 0.5) is 0 Å². The van der Waals surface area contributed by atoms with E-state index < -0.39 is 5.92 Å². The topological polar surface area (TPSA) is 31.2 Å². The fourth-order valence-corrected chi connectivity index (χ4v) is 3.59. The molecule has 1 unspecified atom stereocenters. The molecule has 0 bridgehead atoms. The predicted octanol–water partition coefficient (Wildman–Crippen LogP) is 4.64. The Labute approximate surface area is 146 Å². The van der Waals surface area contributed by atoms with E-state index in [1.54, 1.807) is 0 Å². The molecule has 3 aromatic carbocycles. The third kappa shape index (κ3) is 2.49. The molecule has 0 amide bonds. The van der Waals surface area contributed by atoms with Crippen LogP contribution in [0.3, 0.4) is 0 Å². The van der Waals surface area contributed by atoms with Crippen molar-refractivity contribution in [2.24, 2.45) is 7.05 Å². The van der Waals surface area contributed by atoms with Crippen molar-refractivity contribution < 1.29 is 9.53 Å². The van der Waals surface area contributed by atoms with Gasteiger partial charge in [-0.1, -0.05) is 54.6 Å². The lowest BCUT2D eigenvalue weighted by Crippen LogP contribution is -2.15. The number of benzene rings is 3. The highest BCUT2D eigenvalue weighted by atomic mass is 16.5. The van der Waals surface area contributed by atoms with E-state index in [2.05, 4.69) is 35.9 Å². The summed E-state index contributed by atoms with van der Waals surface area (Å²) in [5, 5.41) is 2.35. The van der Waals surface area contributed by atoms with Crippen LogP contribution in [0.2, 0.25) is 0 Å². The number of nitrogens with zero attached hydrogens (tertiary/aromatic N) is 1. The lowest BCUT2D eigenvalue weighted by molar-refractivity contribution is -0.141. The maximum atomic E-state index is 12.5. The molecule has 0 spiro atoms. The summed E-state index contributed by atoms with van der Waals surface area (Å²) in [6.45, 7) is 0. The Hall–Kier alpha value is -3.07. The van der Waals surface area contributed by atoms with Crippen LogP contribution in [0, 0.1) is 0 Å². The molecule has 0 aliphatic heterocycles. The third-order valence-corrected chi connectivity index (χ3v) is 4.84. The maximum Gasteiger partial charge on any atom is 0.317 e. The van der Waals surface area contributed by atoms with Gasteiger partial charge in [-0.3, -0.25) is 4.79 Å². The number of carbonyl (C=O) groups is 1. The summed E-state index contributed by atoms with van der Waals surface area (Å²) in [6.07, 6.45) is 0. The molecule has 1 atom stereocenters. The minimum absolute atomic E-state index is 0.245. The van der Waals surface area contributed by atoms with Gasteiger partial charge in [0.05, 0.1) is 7.11 Å². The SMILES string of the molecule is COC(=O)C(c1ccccc1)c1ccc2c(c1)c1ccccc1n2C. The monoisotopic (exact) mass is 329 g/mol. The van der Waals surface area contributed by atoms with Gasteiger partial charge in [-0.2, -0.15) is 0 Å². The molecule has 0 aliphatic rings. The summed E-state index contributed by atoms with van der Waals surface area (Å²) in [5.74, 6) is -0.666.